The molecule has 1 aromatic carbocycles. The second kappa shape index (κ2) is 7.54. The van der Waals surface area contributed by atoms with E-state index in [9.17, 15) is 9.59 Å². The molecule has 1 N–H and O–H groups in total. The van der Waals surface area contributed by atoms with Crippen LogP contribution in [-0.4, -0.2) is 44.1 Å². The molecule has 2 aromatic rings. The van der Waals surface area contributed by atoms with Gasteiger partial charge in [0, 0.05) is 11.9 Å². The summed E-state index contributed by atoms with van der Waals surface area (Å²) in [6.45, 7) is 0. The van der Waals surface area contributed by atoms with Gasteiger partial charge in [-0.1, -0.05) is 6.07 Å². The molecule has 1 aliphatic rings. The number of rotatable bonds is 4. The highest BCUT2D eigenvalue weighted by Crippen LogP contribution is 2.31. The van der Waals surface area contributed by atoms with E-state index in [4.69, 9.17) is 9.47 Å². The average molecular weight is 374 g/mol. The Hall–Kier alpha value is -2.91. The molecule has 0 fully saturated rings. The summed E-state index contributed by atoms with van der Waals surface area (Å²) in [7, 11) is 4.34. The van der Waals surface area contributed by atoms with Gasteiger partial charge in [0.25, 0.3) is 0 Å². The van der Waals surface area contributed by atoms with Gasteiger partial charge >= 0.3 is 11.9 Å². The van der Waals surface area contributed by atoms with Crippen LogP contribution in [0.5, 0.6) is 0 Å². The summed E-state index contributed by atoms with van der Waals surface area (Å²) in [6.07, 6.45) is -0.308. The van der Waals surface area contributed by atoms with Crippen molar-refractivity contribution in [2.75, 3.05) is 26.3 Å². The van der Waals surface area contributed by atoms with Crippen molar-refractivity contribution in [2.45, 2.75) is 6.17 Å². The Balaban J connectivity index is 2.01. The number of thiophene rings is 1. The number of hydrogen-bond donors (Lipinski definition) is 1. The number of anilines is 1. The number of nitrogens with one attached hydrogen (secondary N) is 1. The van der Waals surface area contributed by atoms with Crippen molar-refractivity contribution in [3.8, 4) is 0 Å². The van der Waals surface area contributed by atoms with Crippen LogP contribution in [0.25, 0.3) is 0 Å². The molecule has 26 heavy (non-hydrogen) atoms. The first kappa shape index (κ1) is 17.9. The van der Waals surface area contributed by atoms with Gasteiger partial charge in [-0.05, 0) is 35.7 Å². The first-order chi connectivity index (χ1) is 12.5. The van der Waals surface area contributed by atoms with E-state index in [0.29, 0.717) is 11.3 Å². The van der Waals surface area contributed by atoms with Crippen LogP contribution in [0.2, 0.25) is 0 Å². The van der Waals surface area contributed by atoms with E-state index in [1.807, 2.05) is 17.5 Å². The molecule has 2 heterocycles. The number of methoxy groups -OCH3 is 2. The molecule has 0 amide bonds. The number of benzene rings is 1. The minimum Gasteiger partial charge on any atom is -0.465 e. The van der Waals surface area contributed by atoms with Gasteiger partial charge in [-0.25, -0.2) is 20.0 Å². The normalized spacial score (nSPS) is 16.9. The minimum absolute atomic E-state index is 0.123. The third-order valence-electron chi connectivity index (χ3n) is 3.81. The Labute approximate surface area is 154 Å². The number of esters is 2. The number of ether oxygens (including phenoxy) is 2. The molecular formula is C17H18N4O4S. The van der Waals surface area contributed by atoms with Crippen molar-refractivity contribution in [1.29, 1.82) is 0 Å². The number of hydrazine groups is 1. The fourth-order valence-electron chi connectivity index (χ4n) is 2.50. The Morgan fingerprint density at radius 1 is 1.12 bits per heavy atom. The smallest absolute Gasteiger partial charge is 0.377 e. The number of amidine groups is 1. The van der Waals surface area contributed by atoms with Gasteiger partial charge in [-0.15, -0.1) is 16.4 Å². The van der Waals surface area contributed by atoms with E-state index >= 15 is 0 Å². The molecular weight excluding hydrogens is 356 g/mol. The largest absolute Gasteiger partial charge is 0.465 e. The van der Waals surface area contributed by atoms with E-state index in [1.165, 1.54) is 19.2 Å². The lowest BCUT2D eigenvalue weighted by Crippen LogP contribution is -2.54. The van der Waals surface area contributed by atoms with Crippen molar-refractivity contribution in [3.63, 3.8) is 0 Å². The van der Waals surface area contributed by atoms with Crippen molar-refractivity contribution in [2.24, 2.45) is 5.10 Å². The molecule has 1 atom stereocenters. The summed E-state index contributed by atoms with van der Waals surface area (Å²) in [5, 5.41) is 9.65. The fraction of sp³-hybridized carbons (Fsp3) is 0.235. The maximum absolute atomic E-state index is 12.0. The van der Waals surface area contributed by atoms with Gasteiger partial charge in [-0.3, -0.25) is 5.01 Å². The van der Waals surface area contributed by atoms with Crippen LogP contribution >= 0.6 is 11.3 Å². The van der Waals surface area contributed by atoms with Crippen molar-refractivity contribution in [1.82, 2.24) is 10.4 Å². The second-order valence-corrected chi connectivity index (χ2v) is 6.38. The van der Waals surface area contributed by atoms with Crippen LogP contribution in [0.1, 0.15) is 21.4 Å². The SMILES string of the molecule is COC(=O)C1=NN(c2ccc(C(=O)OC)cc2)C(c2cccs2)NN1C. The summed E-state index contributed by atoms with van der Waals surface area (Å²) >= 11 is 1.57. The monoisotopic (exact) mass is 374 g/mol. The van der Waals surface area contributed by atoms with Crippen LogP contribution in [0.4, 0.5) is 5.69 Å². The molecule has 136 valence electrons. The predicted molar refractivity (Wildman–Crippen MR) is 97.7 cm³/mol. The molecule has 0 bridgehead atoms. The standard InChI is InChI=1S/C17H18N4O4S/c1-20-15(17(23)25-3)19-21(14(18-20)13-5-4-10-26-13)12-8-6-11(7-9-12)16(22)24-2/h4-10,14,18H,1-3H3. The van der Waals surface area contributed by atoms with Crippen LogP contribution in [-0.2, 0) is 14.3 Å². The van der Waals surface area contributed by atoms with Crippen LogP contribution < -0.4 is 10.4 Å². The van der Waals surface area contributed by atoms with E-state index in [-0.39, 0.29) is 12.0 Å². The average Bonchev–Trinajstić information content (AvgIpc) is 3.21. The Morgan fingerprint density at radius 3 is 2.38 bits per heavy atom. The summed E-state index contributed by atoms with van der Waals surface area (Å²) in [4.78, 5) is 24.7. The molecule has 9 heteroatoms. The maximum atomic E-state index is 12.0. The number of likely N-dealkylation sites (N-methyl/N-ethyl adjacent to an activating group) is 1. The highest BCUT2D eigenvalue weighted by molar-refractivity contribution is 7.10. The summed E-state index contributed by atoms with van der Waals surface area (Å²) in [6, 6.07) is 10.7. The quantitative estimate of drug-likeness (QED) is 0.819. The van der Waals surface area contributed by atoms with E-state index < -0.39 is 11.9 Å². The zero-order valence-electron chi connectivity index (χ0n) is 14.5. The maximum Gasteiger partial charge on any atom is 0.377 e. The van der Waals surface area contributed by atoms with E-state index in [1.54, 1.807) is 47.7 Å². The van der Waals surface area contributed by atoms with Crippen LogP contribution in [0.3, 0.4) is 0 Å². The predicted octanol–water partition coefficient (Wildman–Crippen LogP) is 1.98. The number of carbonyl (C=O) groups excluding carboxylic acids is 2. The summed E-state index contributed by atoms with van der Waals surface area (Å²) < 4.78 is 9.52. The molecule has 1 unspecified atom stereocenters. The molecule has 0 radical (unpaired) electrons. The molecule has 3 rings (SSSR count). The Morgan fingerprint density at radius 2 is 1.81 bits per heavy atom. The van der Waals surface area contributed by atoms with Gasteiger partial charge < -0.3 is 9.47 Å². The van der Waals surface area contributed by atoms with Crippen LogP contribution in [0.15, 0.2) is 46.9 Å². The molecule has 0 aliphatic carbocycles. The zero-order chi connectivity index (χ0) is 18.7. The number of hydrogen-bond acceptors (Lipinski definition) is 9. The van der Waals surface area contributed by atoms with Gasteiger partial charge in [0.05, 0.1) is 25.5 Å². The summed E-state index contributed by atoms with van der Waals surface area (Å²) in [5.41, 5.74) is 4.37. The van der Waals surface area contributed by atoms with Crippen molar-refractivity contribution >= 4 is 34.8 Å². The van der Waals surface area contributed by atoms with E-state index in [0.717, 1.165) is 4.88 Å². The van der Waals surface area contributed by atoms with Gasteiger partial charge in [0.2, 0.25) is 5.84 Å². The molecule has 0 spiro atoms. The zero-order valence-corrected chi connectivity index (χ0v) is 15.3. The Kier molecular flexibility index (Phi) is 5.19. The van der Waals surface area contributed by atoms with E-state index in [2.05, 4.69) is 10.5 Å². The lowest BCUT2D eigenvalue weighted by atomic mass is 10.2. The van der Waals surface area contributed by atoms with Crippen molar-refractivity contribution < 1.29 is 19.1 Å². The Bertz CT molecular complexity index is 820. The van der Waals surface area contributed by atoms with Gasteiger partial charge in [0.15, 0.2) is 6.17 Å². The first-order valence-electron chi connectivity index (χ1n) is 7.73. The highest BCUT2D eigenvalue weighted by atomic mass is 32.1. The second-order valence-electron chi connectivity index (χ2n) is 5.40. The fourth-order valence-corrected chi connectivity index (χ4v) is 3.25. The minimum atomic E-state index is -0.555. The molecule has 0 saturated carbocycles. The van der Waals surface area contributed by atoms with Gasteiger partial charge in [-0.2, -0.15) is 0 Å². The molecule has 0 saturated heterocycles. The molecule has 1 aromatic heterocycles. The van der Waals surface area contributed by atoms with Crippen LogP contribution in [0, 0.1) is 0 Å². The lowest BCUT2D eigenvalue weighted by Gasteiger charge is -2.38. The van der Waals surface area contributed by atoms with Gasteiger partial charge in [0.1, 0.15) is 0 Å². The number of carbonyl (C=O) groups is 2. The summed E-state index contributed by atoms with van der Waals surface area (Å²) in [5.74, 6) is -0.847. The lowest BCUT2D eigenvalue weighted by molar-refractivity contribution is -0.133. The third kappa shape index (κ3) is 3.39. The first-order valence-corrected chi connectivity index (χ1v) is 8.61. The molecule has 8 nitrogen and oxygen atoms in total. The third-order valence-corrected chi connectivity index (χ3v) is 4.74. The molecule has 1 aliphatic heterocycles. The topological polar surface area (TPSA) is 83.5 Å². The highest BCUT2D eigenvalue weighted by Gasteiger charge is 2.32. The number of nitrogens with zero attached hydrogens (tertiary/aromatic N) is 3. The number of hydrazone groups is 1. The van der Waals surface area contributed by atoms with Crippen molar-refractivity contribution in [3.05, 3.63) is 52.2 Å².